The Kier molecular flexibility index (Phi) is 4.92. The molecule has 0 spiro atoms. The average Bonchev–Trinajstić information content (AvgIpc) is 3.19. The van der Waals surface area contributed by atoms with Gasteiger partial charge in [-0.2, -0.15) is 18.3 Å². The van der Waals surface area contributed by atoms with Crippen molar-refractivity contribution in [3.8, 4) is 5.69 Å². The first-order valence-electron chi connectivity index (χ1n) is 7.86. The molecule has 2 aromatic heterocycles. The fourth-order valence-electron chi connectivity index (χ4n) is 2.48. The number of rotatable bonds is 4. The summed E-state index contributed by atoms with van der Waals surface area (Å²) in [6.07, 6.45) is -4.46. The Morgan fingerprint density at radius 3 is 2.67 bits per heavy atom. The molecule has 6 nitrogen and oxygen atoms in total. The van der Waals surface area contributed by atoms with Crippen LogP contribution in [-0.2, 0) is 11.0 Å². The number of benzene rings is 1. The zero-order valence-corrected chi connectivity index (χ0v) is 15.2. The van der Waals surface area contributed by atoms with Crippen LogP contribution < -0.4 is 10.6 Å². The number of amides is 2. The summed E-state index contributed by atoms with van der Waals surface area (Å²) in [6.45, 7) is 1.55. The molecule has 0 fully saturated rings. The number of fused-ring (bicyclic) bond motifs is 1. The van der Waals surface area contributed by atoms with Crippen LogP contribution >= 0.6 is 11.3 Å². The summed E-state index contributed by atoms with van der Waals surface area (Å²) in [7, 11) is 1.46. The molecular formula is C17H15F3N4O2S. The molecule has 0 unspecified atom stereocenters. The summed E-state index contributed by atoms with van der Waals surface area (Å²) in [5.74, 6) is -0.773. The number of carbonyl (C=O) groups is 2. The van der Waals surface area contributed by atoms with Crippen molar-refractivity contribution in [2.24, 2.45) is 0 Å². The molecule has 2 amide bonds. The smallest absolute Gasteiger partial charge is 0.358 e. The number of nitrogens with one attached hydrogen (secondary N) is 2. The molecule has 0 atom stereocenters. The summed E-state index contributed by atoms with van der Waals surface area (Å²) < 4.78 is 40.3. The van der Waals surface area contributed by atoms with Crippen molar-refractivity contribution in [2.75, 3.05) is 13.6 Å². The van der Waals surface area contributed by atoms with Crippen LogP contribution in [0.3, 0.4) is 0 Å². The molecule has 3 rings (SSSR count). The summed E-state index contributed by atoms with van der Waals surface area (Å²) >= 11 is 1.10. The molecule has 0 saturated carbocycles. The minimum absolute atomic E-state index is 0.164. The van der Waals surface area contributed by atoms with Gasteiger partial charge in [0.2, 0.25) is 5.91 Å². The third-order valence-corrected chi connectivity index (χ3v) is 4.98. The van der Waals surface area contributed by atoms with Gasteiger partial charge in [-0.3, -0.25) is 9.59 Å². The predicted octanol–water partition coefficient (Wildman–Crippen LogP) is 2.89. The molecule has 3 aromatic rings. The van der Waals surface area contributed by atoms with E-state index in [-0.39, 0.29) is 18.1 Å². The zero-order valence-electron chi connectivity index (χ0n) is 14.3. The standard InChI is InChI=1S/C17H15F3N4O2S/c1-9-12-7-13(15(26)22-8-14(25)21-2)27-16(12)24(23-9)11-5-3-4-10(6-11)17(18,19)20/h3-7H,8H2,1-2H3,(H,21,25)(H,22,26). The molecule has 2 heterocycles. The fourth-order valence-corrected chi connectivity index (χ4v) is 3.58. The molecular weight excluding hydrogens is 381 g/mol. The molecule has 0 aliphatic carbocycles. The first-order chi connectivity index (χ1) is 12.7. The van der Waals surface area contributed by atoms with Gasteiger partial charge < -0.3 is 10.6 Å². The van der Waals surface area contributed by atoms with Crippen molar-refractivity contribution in [3.63, 3.8) is 0 Å². The average molecular weight is 396 g/mol. The first kappa shape index (κ1) is 18.9. The molecule has 0 saturated heterocycles. The maximum absolute atomic E-state index is 13.0. The van der Waals surface area contributed by atoms with Crippen LogP contribution in [0, 0.1) is 6.92 Å². The van der Waals surface area contributed by atoms with E-state index in [0.29, 0.717) is 20.8 Å². The highest BCUT2D eigenvalue weighted by Crippen LogP contribution is 2.33. The molecule has 1 aromatic carbocycles. The summed E-state index contributed by atoms with van der Waals surface area (Å²) in [4.78, 5) is 24.4. The third kappa shape index (κ3) is 3.80. The van der Waals surface area contributed by atoms with Crippen LogP contribution in [0.4, 0.5) is 13.2 Å². The second-order valence-electron chi connectivity index (χ2n) is 5.73. The van der Waals surface area contributed by atoms with Crippen molar-refractivity contribution in [3.05, 3.63) is 46.5 Å². The lowest BCUT2D eigenvalue weighted by atomic mass is 10.2. The van der Waals surface area contributed by atoms with E-state index in [1.165, 1.54) is 23.9 Å². The highest BCUT2D eigenvalue weighted by molar-refractivity contribution is 7.20. The quantitative estimate of drug-likeness (QED) is 0.712. The van der Waals surface area contributed by atoms with Crippen molar-refractivity contribution in [2.45, 2.75) is 13.1 Å². The monoisotopic (exact) mass is 396 g/mol. The highest BCUT2D eigenvalue weighted by Gasteiger charge is 2.30. The van der Waals surface area contributed by atoms with Crippen LogP contribution in [-0.4, -0.2) is 35.2 Å². The van der Waals surface area contributed by atoms with Gasteiger partial charge in [0.15, 0.2) is 0 Å². The molecule has 0 aliphatic heterocycles. The summed E-state index contributed by atoms with van der Waals surface area (Å²) in [5, 5.41) is 9.85. The Morgan fingerprint density at radius 2 is 2.00 bits per heavy atom. The maximum Gasteiger partial charge on any atom is 0.416 e. The molecule has 10 heteroatoms. The normalized spacial score (nSPS) is 11.6. The van der Waals surface area contributed by atoms with Crippen molar-refractivity contribution >= 4 is 33.4 Å². The predicted molar refractivity (Wildman–Crippen MR) is 95.1 cm³/mol. The van der Waals surface area contributed by atoms with Gasteiger partial charge in [-0.1, -0.05) is 6.07 Å². The Bertz CT molecular complexity index is 1020. The first-order valence-corrected chi connectivity index (χ1v) is 8.68. The zero-order chi connectivity index (χ0) is 19.8. The number of thiophene rings is 1. The van der Waals surface area contributed by atoms with Crippen molar-refractivity contribution in [1.29, 1.82) is 0 Å². The van der Waals surface area contributed by atoms with Gasteiger partial charge in [-0.25, -0.2) is 4.68 Å². The minimum Gasteiger partial charge on any atom is -0.358 e. The number of alkyl halides is 3. The lowest BCUT2D eigenvalue weighted by Crippen LogP contribution is -2.34. The van der Waals surface area contributed by atoms with E-state index in [4.69, 9.17) is 0 Å². The Balaban J connectivity index is 1.98. The number of carbonyl (C=O) groups excluding carboxylic acids is 2. The lowest BCUT2D eigenvalue weighted by Gasteiger charge is -2.09. The Hall–Kier alpha value is -2.88. The molecule has 0 bridgehead atoms. The molecule has 2 N–H and O–H groups in total. The fraction of sp³-hybridized carbons (Fsp3) is 0.235. The van der Waals surface area contributed by atoms with Gasteiger partial charge in [0.1, 0.15) is 4.83 Å². The Morgan fingerprint density at radius 1 is 1.26 bits per heavy atom. The van der Waals surface area contributed by atoms with E-state index < -0.39 is 17.6 Å². The van der Waals surface area contributed by atoms with Gasteiger partial charge in [0.05, 0.1) is 28.4 Å². The second-order valence-corrected chi connectivity index (χ2v) is 6.76. The van der Waals surface area contributed by atoms with Gasteiger partial charge in [0, 0.05) is 12.4 Å². The lowest BCUT2D eigenvalue weighted by molar-refractivity contribution is -0.137. The van der Waals surface area contributed by atoms with Crippen LogP contribution in [0.15, 0.2) is 30.3 Å². The minimum atomic E-state index is -4.46. The van der Waals surface area contributed by atoms with Crippen LogP contribution in [0.5, 0.6) is 0 Å². The number of nitrogens with zero attached hydrogens (tertiary/aromatic N) is 2. The molecule has 0 radical (unpaired) electrons. The topological polar surface area (TPSA) is 76.0 Å². The number of hydrogen-bond acceptors (Lipinski definition) is 4. The van der Waals surface area contributed by atoms with E-state index in [9.17, 15) is 22.8 Å². The van der Waals surface area contributed by atoms with Gasteiger partial charge in [-0.05, 0) is 31.2 Å². The van der Waals surface area contributed by atoms with Gasteiger partial charge >= 0.3 is 6.18 Å². The third-order valence-electron chi connectivity index (χ3n) is 3.87. The largest absolute Gasteiger partial charge is 0.416 e. The highest BCUT2D eigenvalue weighted by atomic mass is 32.1. The Labute approximate surface area is 156 Å². The summed E-state index contributed by atoms with van der Waals surface area (Å²) in [5.41, 5.74) is 0.0625. The maximum atomic E-state index is 13.0. The molecule has 142 valence electrons. The number of halogens is 3. The number of aromatic nitrogens is 2. The number of aryl methyl sites for hydroxylation is 1. The number of likely N-dealkylation sites (N-methyl/N-ethyl adjacent to an activating group) is 1. The van der Waals surface area contributed by atoms with E-state index in [1.54, 1.807) is 13.0 Å². The van der Waals surface area contributed by atoms with Crippen molar-refractivity contribution in [1.82, 2.24) is 20.4 Å². The SMILES string of the molecule is CNC(=O)CNC(=O)c1cc2c(C)nn(-c3cccc(C(F)(F)F)c3)c2s1. The van der Waals surface area contributed by atoms with Gasteiger partial charge in [-0.15, -0.1) is 11.3 Å². The molecule has 27 heavy (non-hydrogen) atoms. The van der Waals surface area contributed by atoms with E-state index in [2.05, 4.69) is 15.7 Å². The second kappa shape index (κ2) is 7.03. The van der Waals surface area contributed by atoms with Crippen LogP contribution in [0.1, 0.15) is 20.9 Å². The van der Waals surface area contributed by atoms with E-state index in [1.807, 2.05) is 0 Å². The van der Waals surface area contributed by atoms with Crippen LogP contribution in [0.25, 0.3) is 15.9 Å². The van der Waals surface area contributed by atoms with E-state index >= 15 is 0 Å². The van der Waals surface area contributed by atoms with E-state index in [0.717, 1.165) is 23.5 Å². The molecule has 0 aliphatic rings. The van der Waals surface area contributed by atoms with Crippen LogP contribution in [0.2, 0.25) is 0 Å². The number of hydrogen-bond donors (Lipinski definition) is 2. The summed E-state index contributed by atoms with van der Waals surface area (Å²) in [6, 6.07) is 6.45. The van der Waals surface area contributed by atoms with Gasteiger partial charge in [0.25, 0.3) is 5.91 Å². The van der Waals surface area contributed by atoms with Crippen molar-refractivity contribution < 1.29 is 22.8 Å².